The van der Waals surface area contributed by atoms with Gasteiger partial charge in [-0.25, -0.2) is 9.40 Å². The molecule has 3 amide bonds. The van der Waals surface area contributed by atoms with Gasteiger partial charge in [0, 0.05) is 22.0 Å². The zero-order valence-corrected chi connectivity index (χ0v) is 21.1. The van der Waals surface area contributed by atoms with Crippen LogP contribution >= 0.6 is 23.2 Å². The first-order valence-electron chi connectivity index (χ1n) is 12.3. The summed E-state index contributed by atoms with van der Waals surface area (Å²) in [7, 11) is 0. The standard InChI is InChI=1S/C28H23Cl2FN2O4/c29-12-11-22(25(34)14-3-7-17(31)8-4-14)32(26(35)15-1-5-16(30)6-2-15)33-27(36)23-18-9-10-19(21-13-20(18)21)24(23)28(33)37/h1-10,18-24H,11-13H2/t18-,19-,20-,21+,22-,23+,24+/m0/s1. The second-order valence-electron chi connectivity index (χ2n) is 10.2. The summed E-state index contributed by atoms with van der Waals surface area (Å²) < 4.78 is 13.6. The SMILES string of the molecule is O=C(c1ccc(F)cc1)[C@H](CCCl)N(C(=O)c1ccc(Cl)cc1)N1C(=O)[C@@H]2[C@H]3C=C[C@@H]([C@@H]4C[C@H]34)[C@H]2C1=O. The fourth-order valence-electron chi connectivity index (χ4n) is 6.52. The number of hydrazine groups is 1. The van der Waals surface area contributed by atoms with Crippen LogP contribution in [0.1, 0.15) is 33.6 Å². The van der Waals surface area contributed by atoms with Crippen LogP contribution in [0.3, 0.4) is 0 Å². The summed E-state index contributed by atoms with van der Waals surface area (Å²) in [5.74, 6) is -3.12. The number of Topliss-reactive ketones (excluding diaryl/α,β-unsaturated/α-hetero) is 1. The minimum absolute atomic E-state index is 0.0119. The fourth-order valence-corrected chi connectivity index (χ4v) is 6.86. The average molecular weight is 541 g/mol. The van der Waals surface area contributed by atoms with E-state index in [1.165, 1.54) is 36.4 Å². The van der Waals surface area contributed by atoms with Crippen molar-refractivity contribution in [2.75, 3.05) is 5.88 Å². The lowest BCUT2D eigenvalue weighted by atomic mass is 9.63. The summed E-state index contributed by atoms with van der Waals surface area (Å²) >= 11 is 12.1. The summed E-state index contributed by atoms with van der Waals surface area (Å²) in [5, 5.41) is 2.30. The van der Waals surface area contributed by atoms with Gasteiger partial charge in [-0.2, -0.15) is 5.01 Å². The molecule has 1 heterocycles. The fraction of sp³-hybridized carbons (Fsp3) is 0.357. The molecule has 37 heavy (non-hydrogen) atoms. The molecule has 0 N–H and O–H groups in total. The normalized spacial score (nSPS) is 29.6. The molecule has 2 bridgehead atoms. The van der Waals surface area contributed by atoms with Crippen molar-refractivity contribution in [1.29, 1.82) is 0 Å². The van der Waals surface area contributed by atoms with Crippen molar-refractivity contribution in [3.63, 3.8) is 0 Å². The van der Waals surface area contributed by atoms with Gasteiger partial charge in [0.15, 0.2) is 5.78 Å². The molecule has 6 nitrogen and oxygen atoms in total. The Hall–Kier alpha value is -3.03. The van der Waals surface area contributed by atoms with E-state index in [2.05, 4.69) is 0 Å². The largest absolute Gasteiger partial charge is 0.292 e. The molecule has 2 aromatic carbocycles. The minimum Gasteiger partial charge on any atom is -0.292 e. The number of carbonyl (C=O) groups excluding carboxylic acids is 4. The van der Waals surface area contributed by atoms with Crippen molar-refractivity contribution in [2.24, 2.45) is 35.5 Å². The van der Waals surface area contributed by atoms with Crippen LogP contribution in [-0.4, -0.2) is 45.4 Å². The Morgan fingerprint density at radius 1 is 0.919 bits per heavy atom. The molecule has 2 saturated carbocycles. The zero-order chi connectivity index (χ0) is 26.0. The second-order valence-corrected chi connectivity index (χ2v) is 11.0. The average Bonchev–Trinajstić information content (AvgIpc) is 3.68. The topological polar surface area (TPSA) is 74.8 Å². The number of hydrogen-bond donors (Lipinski definition) is 0. The lowest BCUT2D eigenvalue weighted by Crippen LogP contribution is -2.57. The van der Waals surface area contributed by atoms with E-state index in [1.807, 2.05) is 12.2 Å². The number of halogens is 3. The smallest absolute Gasteiger partial charge is 0.273 e. The highest BCUT2D eigenvalue weighted by atomic mass is 35.5. The van der Waals surface area contributed by atoms with E-state index in [1.54, 1.807) is 0 Å². The lowest BCUT2D eigenvalue weighted by molar-refractivity contribution is -0.157. The number of allylic oxidation sites excluding steroid dienone is 2. The van der Waals surface area contributed by atoms with E-state index in [4.69, 9.17) is 23.2 Å². The first-order valence-corrected chi connectivity index (χ1v) is 13.2. The van der Waals surface area contributed by atoms with E-state index >= 15 is 0 Å². The van der Waals surface area contributed by atoms with Crippen molar-refractivity contribution >= 4 is 46.7 Å². The van der Waals surface area contributed by atoms with Crippen molar-refractivity contribution in [3.05, 3.63) is 82.6 Å². The van der Waals surface area contributed by atoms with Gasteiger partial charge in [0.25, 0.3) is 17.7 Å². The van der Waals surface area contributed by atoms with E-state index < -0.39 is 47.2 Å². The zero-order valence-electron chi connectivity index (χ0n) is 19.6. The third-order valence-corrected chi connectivity index (χ3v) is 8.73. The highest BCUT2D eigenvalue weighted by Gasteiger charge is 2.68. The van der Waals surface area contributed by atoms with Gasteiger partial charge in [-0.3, -0.25) is 19.2 Å². The number of ketones is 1. The maximum atomic E-state index is 14.0. The van der Waals surface area contributed by atoms with Crippen LogP contribution < -0.4 is 0 Å². The third kappa shape index (κ3) is 3.82. The number of rotatable bonds is 7. The molecule has 7 atom stereocenters. The van der Waals surface area contributed by atoms with Crippen LogP contribution in [0.25, 0.3) is 0 Å². The Balaban J connectivity index is 1.43. The number of alkyl halides is 1. The summed E-state index contributed by atoms with van der Waals surface area (Å²) in [6.45, 7) is 0. The van der Waals surface area contributed by atoms with Crippen LogP contribution in [0.15, 0.2) is 60.7 Å². The van der Waals surface area contributed by atoms with E-state index in [0.717, 1.165) is 28.6 Å². The minimum atomic E-state index is -1.25. The van der Waals surface area contributed by atoms with Gasteiger partial charge >= 0.3 is 0 Å². The molecule has 9 heteroatoms. The van der Waals surface area contributed by atoms with Gasteiger partial charge in [-0.1, -0.05) is 23.8 Å². The maximum absolute atomic E-state index is 14.0. The molecule has 0 radical (unpaired) electrons. The molecule has 4 aliphatic carbocycles. The van der Waals surface area contributed by atoms with E-state index in [9.17, 15) is 23.6 Å². The number of benzene rings is 2. The highest BCUT2D eigenvalue weighted by Crippen LogP contribution is 2.65. The Morgan fingerprint density at radius 3 is 2.00 bits per heavy atom. The second kappa shape index (κ2) is 9.07. The quantitative estimate of drug-likeness (QED) is 0.219. The summed E-state index contributed by atoms with van der Waals surface area (Å²) in [6, 6.07) is 9.68. The molecule has 5 aliphatic rings. The Labute approximate surface area is 223 Å². The molecular weight excluding hydrogens is 518 g/mol. The summed E-state index contributed by atoms with van der Waals surface area (Å²) in [6.07, 6.45) is 5.07. The van der Waals surface area contributed by atoms with Crippen LogP contribution in [0.5, 0.6) is 0 Å². The summed E-state index contributed by atoms with van der Waals surface area (Å²) in [5.41, 5.74) is 0.306. The number of imide groups is 1. The molecule has 0 unspecified atom stereocenters. The molecule has 2 aromatic rings. The van der Waals surface area contributed by atoms with Gasteiger partial charge in [0.1, 0.15) is 11.9 Å². The van der Waals surface area contributed by atoms with Gasteiger partial charge in [-0.05, 0) is 85.0 Å². The van der Waals surface area contributed by atoms with Crippen molar-refractivity contribution in [3.8, 4) is 0 Å². The molecule has 0 aromatic heterocycles. The van der Waals surface area contributed by atoms with E-state index in [0.29, 0.717) is 16.9 Å². The van der Waals surface area contributed by atoms with Gasteiger partial charge < -0.3 is 0 Å². The van der Waals surface area contributed by atoms with Gasteiger partial charge in [-0.15, -0.1) is 11.6 Å². The Kier molecular flexibility index (Phi) is 5.96. The van der Waals surface area contributed by atoms with Gasteiger partial charge in [0.05, 0.1) is 11.8 Å². The first kappa shape index (κ1) is 24.3. The summed E-state index contributed by atoms with van der Waals surface area (Å²) in [4.78, 5) is 55.5. The molecule has 3 fully saturated rings. The van der Waals surface area contributed by atoms with Crippen LogP contribution in [0, 0.1) is 41.3 Å². The Bertz CT molecular complexity index is 1290. The monoisotopic (exact) mass is 540 g/mol. The third-order valence-electron chi connectivity index (χ3n) is 8.26. The molecule has 1 saturated heterocycles. The molecule has 1 aliphatic heterocycles. The number of nitrogens with zero attached hydrogens (tertiary/aromatic N) is 2. The predicted octanol–water partition coefficient (Wildman–Crippen LogP) is 4.77. The molecular formula is C28H23Cl2FN2O4. The predicted molar refractivity (Wildman–Crippen MR) is 134 cm³/mol. The van der Waals surface area contributed by atoms with Crippen LogP contribution in [0.2, 0.25) is 5.02 Å². The van der Waals surface area contributed by atoms with Crippen LogP contribution in [-0.2, 0) is 9.59 Å². The number of amides is 3. The number of carbonyl (C=O) groups is 4. The maximum Gasteiger partial charge on any atom is 0.273 e. The lowest BCUT2D eigenvalue weighted by Gasteiger charge is -2.37. The van der Waals surface area contributed by atoms with E-state index in [-0.39, 0.29) is 35.3 Å². The van der Waals surface area contributed by atoms with Gasteiger partial charge in [0.2, 0.25) is 0 Å². The number of hydrogen-bond acceptors (Lipinski definition) is 4. The highest BCUT2D eigenvalue weighted by molar-refractivity contribution is 6.30. The van der Waals surface area contributed by atoms with Crippen LogP contribution in [0.4, 0.5) is 4.39 Å². The van der Waals surface area contributed by atoms with Crippen molar-refractivity contribution < 1.29 is 23.6 Å². The Morgan fingerprint density at radius 2 is 1.46 bits per heavy atom. The molecule has 0 spiro atoms. The molecule has 190 valence electrons. The first-order chi connectivity index (χ1) is 17.8. The van der Waals surface area contributed by atoms with Crippen molar-refractivity contribution in [2.45, 2.75) is 18.9 Å². The van der Waals surface area contributed by atoms with Crippen molar-refractivity contribution in [1.82, 2.24) is 10.0 Å². The molecule has 7 rings (SSSR count).